The molecule has 0 bridgehead atoms. The highest BCUT2D eigenvalue weighted by atomic mass is 79.9. The van der Waals surface area contributed by atoms with Crippen LogP contribution in [0.25, 0.3) is 0 Å². The summed E-state index contributed by atoms with van der Waals surface area (Å²) in [5, 5.41) is 0.608. The number of rotatable bonds is 12. The smallest absolute Gasteiger partial charge is 0.123 e. The normalized spacial score (nSPS) is 12.5. The molecule has 0 aliphatic rings. The highest BCUT2D eigenvalue weighted by Gasteiger charge is 2.10. The minimum Gasteiger partial charge on any atom is -0.382 e. The van der Waals surface area contributed by atoms with E-state index in [2.05, 4.69) is 15.9 Å². The topological polar surface area (TPSA) is 36.9 Å². The molecule has 0 aliphatic carbocycles. The van der Waals surface area contributed by atoms with Crippen molar-refractivity contribution < 1.29 is 23.3 Å². The Morgan fingerprint density at radius 2 is 1.71 bits per heavy atom. The maximum atomic E-state index is 13.2. The average Bonchev–Trinajstić information content (AvgIpc) is 2.49. The van der Waals surface area contributed by atoms with Crippen molar-refractivity contribution in [3.63, 3.8) is 0 Å². The molecule has 4 nitrogen and oxygen atoms in total. The van der Waals surface area contributed by atoms with E-state index in [1.54, 1.807) is 13.2 Å². The van der Waals surface area contributed by atoms with Crippen LogP contribution in [0.4, 0.5) is 4.39 Å². The molecule has 0 saturated heterocycles. The van der Waals surface area contributed by atoms with Crippen LogP contribution in [-0.2, 0) is 18.9 Å². The molecule has 0 aromatic heterocycles. The minimum atomic E-state index is -0.258. The number of hydrogen-bond acceptors (Lipinski definition) is 4. The predicted octanol–water partition coefficient (Wildman–Crippen LogP) is 2.96. The molecular formula is C15H22BrFO4. The number of halogens is 2. The third-order valence-corrected chi connectivity index (χ3v) is 3.30. The summed E-state index contributed by atoms with van der Waals surface area (Å²) in [5.74, 6) is -0.258. The van der Waals surface area contributed by atoms with Crippen LogP contribution in [0, 0.1) is 5.82 Å². The molecule has 0 aliphatic heterocycles. The first-order chi connectivity index (χ1) is 10.3. The molecule has 6 heteroatoms. The molecule has 1 atom stereocenters. The zero-order chi connectivity index (χ0) is 15.3. The van der Waals surface area contributed by atoms with Gasteiger partial charge in [0.1, 0.15) is 5.82 Å². The van der Waals surface area contributed by atoms with Crippen molar-refractivity contribution in [2.75, 3.05) is 52.1 Å². The van der Waals surface area contributed by atoms with E-state index in [1.807, 2.05) is 6.07 Å². The quantitative estimate of drug-likeness (QED) is 0.422. The fourth-order valence-electron chi connectivity index (χ4n) is 1.65. The number of ether oxygens (including phenoxy) is 4. The van der Waals surface area contributed by atoms with E-state index >= 15 is 0 Å². The molecule has 1 aromatic carbocycles. The van der Waals surface area contributed by atoms with Gasteiger partial charge in [0.05, 0.1) is 45.7 Å². The van der Waals surface area contributed by atoms with Gasteiger partial charge >= 0.3 is 0 Å². The second kappa shape index (κ2) is 12.1. The largest absolute Gasteiger partial charge is 0.382 e. The van der Waals surface area contributed by atoms with Crippen LogP contribution in [0.1, 0.15) is 11.7 Å². The van der Waals surface area contributed by atoms with Gasteiger partial charge in [-0.1, -0.05) is 28.1 Å². The lowest BCUT2D eigenvalue weighted by atomic mass is 10.1. The van der Waals surface area contributed by atoms with E-state index < -0.39 is 0 Å². The molecular weight excluding hydrogens is 343 g/mol. The summed E-state index contributed by atoms with van der Waals surface area (Å²) in [6.45, 7) is 3.14. The van der Waals surface area contributed by atoms with Gasteiger partial charge in [-0.25, -0.2) is 4.39 Å². The van der Waals surface area contributed by atoms with Crippen LogP contribution in [-0.4, -0.2) is 52.1 Å². The van der Waals surface area contributed by atoms with Crippen molar-refractivity contribution in [2.45, 2.75) is 6.10 Å². The van der Waals surface area contributed by atoms with Crippen molar-refractivity contribution in [2.24, 2.45) is 0 Å². The fourth-order valence-corrected chi connectivity index (χ4v) is 2.21. The van der Waals surface area contributed by atoms with E-state index in [4.69, 9.17) is 18.9 Å². The third-order valence-electron chi connectivity index (χ3n) is 2.71. The Balaban J connectivity index is 2.10. The number of hydrogen-bond donors (Lipinski definition) is 0. The summed E-state index contributed by atoms with van der Waals surface area (Å²) in [7, 11) is 1.64. The highest BCUT2D eigenvalue weighted by molar-refractivity contribution is 9.09. The number of benzene rings is 1. The van der Waals surface area contributed by atoms with Crippen molar-refractivity contribution in [3.05, 3.63) is 35.6 Å². The second-order valence-electron chi connectivity index (χ2n) is 4.29. The lowest BCUT2D eigenvalue weighted by Gasteiger charge is -2.16. The monoisotopic (exact) mass is 364 g/mol. The highest BCUT2D eigenvalue weighted by Crippen LogP contribution is 2.20. The van der Waals surface area contributed by atoms with Crippen molar-refractivity contribution in [1.29, 1.82) is 0 Å². The van der Waals surface area contributed by atoms with Gasteiger partial charge in [-0.15, -0.1) is 0 Å². The Labute approximate surface area is 133 Å². The molecule has 120 valence electrons. The first-order valence-electron chi connectivity index (χ1n) is 6.85. The Morgan fingerprint density at radius 3 is 2.33 bits per heavy atom. The van der Waals surface area contributed by atoms with Crippen LogP contribution in [0.2, 0.25) is 0 Å². The van der Waals surface area contributed by atoms with Crippen molar-refractivity contribution >= 4 is 15.9 Å². The van der Waals surface area contributed by atoms with Gasteiger partial charge in [0.25, 0.3) is 0 Å². The Morgan fingerprint density at radius 1 is 1.05 bits per heavy atom. The summed E-state index contributed by atoms with van der Waals surface area (Å²) in [4.78, 5) is 0. The molecule has 0 saturated carbocycles. The van der Waals surface area contributed by atoms with E-state index in [9.17, 15) is 4.39 Å². The summed E-state index contributed by atoms with van der Waals surface area (Å²) in [6.07, 6.45) is -0.178. The summed E-state index contributed by atoms with van der Waals surface area (Å²) in [5.41, 5.74) is 0.815. The van der Waals surface area contributed by atoms with Crippen LogP contribution in [0.15, 0.2) is 24.3 Å². The standard InChI is InChI=1S/C15H22BrFO4/c1-18-5-6-19-7-8-20-9-10-21-15(12-16)13-3-2-4-14(17)11-13/h2-4,11,15H,5-10,12H2,1H3. The summed E-state index contributed by atoms with van der Waals surface area (Å²) < 4.78 is 34.4. The molecule has 0 spiro atoms. The number of methoxy groups -OCH3 is 1. The molecule has 1 aromatic rings. The maximum Gasteiger partial charge on any atom is 0.123 e. The summed E-state index contributed by atoms with van der Waals surface area (Å²) in [6, 6.07) is 6.43. The van der Waals surface area contributed by atoms with Crippen molar-refractivity contribution in [3.8, 4) is 0 Å². The fraction of sp³-hybridized carbons (Fsp3) is 0.600. The second-order valence-corrected chi connectivity index (χ2v) is 4.93. The van der Waals surface area contributed by atoms with Crippen LogP contribution < -0.4 is 0 Å². The van der Waals surface area contributed by atoms with Gasteiger partial charge in [0.2, 0.25) is 0 Å². The Bertz CT molecular complexity index is 378. The van der Waals surface area contributed by atoms with E-state index in [0.717, 1.165) is 5.56 Å². The zero-order valence-electron chi connectivity index (χ0n) is 12.2. The molecule has 21 heavy (non-hydrogen) atoms. The molecule has 0 fully saturated rings. The van der Waals surface area contributed by atoms with Gasteiger partial charge in [0.15, 0.2) is 0 Å². The third kappa shape index (κ3) is 8.48. The van der Waals surface area contributed by atoms with Crippen LogP contribution >= 0.6 is 15.9 Å². The average molecular weight is 365 g/mol. The molecule has 1 unspecified atom stereocenters. The van der Waals surface area contributed by atoms with E-state index in [1.165, 1.54) is 12.1 Å². The van der Waals surface area contributed by atoms with E-state index in [0.29, 0.717) is 45.0 Å². The summed E-state index contributed by atoms with van der Waals surface area (Å²) >= 11 is 3.38. The van der Waals surface area contributed by atoms with Crippen molar-refractivity contribution in [1.82, 2.24) is 0 Å². The molecule has 0 N–H and O–H groups in total. The van der Waals surface area contributed by atoms with Gasteiger partial charge in [0, 0.05) is 12.4 Å². The molecule has 1 rings (SSSR count). The Kier molecular flexibility index (Phi) is 10.6. The van der Waals surface area contributed by atoms with Gasteiger partial charge in [-0.05, 0) is 17.7 Å². The zero-order valence-corrected chi connectivity index (χ0v) is 13.8. The SMILES string of the molecule is COCCOCCOCCOC(CBr)c1cccc(F)c1. The van der Waals surface area contributed by atoms with E-state index in [-0.39, 0.29) is 11.9 Å². The first kappa shape index (κ1) is 18.5. The van der Waals surface area contributed by atoms with Crippen LogP contribution in [0.5, 0.6) is 0 Å². The minimum absolute atomic E-state index is 0.178. The van der Waals surface area contributed by atoms with Gasteiger partial charge in [-0.3, -0.25) is 0 Å². The molecule has 0 amide bonds. The number of alkyl halides is 1. The molecule has 0 radical (unpaired) electrons. The lowest BCUT2D eigenvalue weighted by Crippen LogP contribution is -2.14. The van der Waals surface area contributed by atoms with Gasteiger partial charge in [-0.2, -0.15) is 0 Å². The predicted molar refractivity (Wildman–Crippen MR) is 82.4 cm³/mol. The Hall–Kier alpha value is -0.530. The van der Waals surface area contributed by atoms with Gasteiger partial charge < -0.3 is 18.9 Å². The lowest BCUT2D eigenvalue weighted by molar-refractivity contribution is -0.0113. The van der Waals surface area contributed by atoms with Crippen LogP contribution in [0.3, 0.4) is 0 Å². The first-order valence-corrected chi connectivity index (χ1v) is 7.97. The molecule has 0 heterocycles. The maximum absolute atomic E-state index is 13.2.